The van der Waals surface area contributed by atoms with Crippen molar-refractivity contribution in [3.05, 3.63) is 0 Å². The molecule has 1 atom stereocenters. The molecule has 2 aliphatic carbocycles. The van der Waals surface area contributed by atoms with E-state index >= 15 is 0 Å². The molecule has 2 aliphatic rings. The third kappa shape index (κ3) is 4.27. The van der Waals surface area contributed by atoms with Crippen molar-refractivity contribution in [1.82, 2.24) is 5.32 Å². The van der Waals surface area contributed by atoms with Gasteiger partial charge in [-0.2, -0.15) is 0 Å². The Balaban J connectivity index is 1.61. The predicted molar refractivity (Wildman–Crippen MR) is 72.2 cm³/mol. The minimum atomic E-state index is -0.331. The standard InChI is InChI=1S/C15H27NO2/c17-14(13-8-4-5-9-13)11-16-15(18)10-12-6-2-1-3-7-12/h12-14,17H,1-11H2,(H,16,18). The van der Waals surface area contributed by atoms with Gasteiger partial charge in [-0.1, -0.05) is 32.1 Å². The Bertz CT molecular complexity index is 255. The lowest BCUT2D eigenvalue weighted by atomic mass is 9.87. The van der Waals surface area contributed by atoms with E-state index in [1.807, 2.05) is 0 Å². The van der Waals surface area contributed by atoms with Crippen LogP contribution in [0.25, 0.3) is 0 Å². The number of aliphatic hydroxyl groups is 1. The fraction of sp³-hybridized carbons (Fsp3) is 0.933. The first-order chi connectivity index (χ1) is 8.75. The maximum atomic E-state index is 11.8. The Morgan fingerprint density at radius 2 is 1.67 bits per heavy atom. The van der Waals surface area contributed by atoms with Gasteiger partial charge in [0.1, 0.15) is 0 Å². The SMILES string of the molecule is O=C(CC1CCCCC1)NCC(O)C1CCCC1. The number of amides is 1. The molecule has 1 unspecified atom stereocenters. The molecular weight excluding hydrogens is 226 g/mol. The molecule has 18 heavy (non-hydrogen) atoms. The van der Waals surface area contributed by atoms with Gasteiger partial charge >= 0.3 is 0 Å². The van der Waals surface area contributed by atoms with E-state index in [2.05, 4.69) is 5.32 Å². The van der Waals surface area contributed by atoms with Crippen LogP contribution in [0.5, 0.6) is 0 Å². The van der Waals surface area contributed by atoms with Gasteiger partial charge in [0.05, 0.1) is 6.10 Å². The van der Waals surface area contributed by atoms with Gasteiger partial charge in [-0.3, -0.25) is 4.79 Å². The molecule has 0 aromatic carbocycles. The van der Waals surface area contributed by atoms with Crippen molar-refractivity contribution < 1.29 is 9.90 Å². The van der Waals surface area contributed by atoms with Crippen LogP contribution in [0.3, 0.4) is 0 Å². The highest BCUT2D eigenvalue weighted by Crippen LogP contribution is 2.28. The van der Waals surface area contributed by atoms with E-state index < -0.39 is 0 Å². The molecule has 2 N–H and O–H groups in total. The highest BCUT2D eigenvalue weighted by molar-refractivity contribution is 5.76. The lowest BCUT2D eigenvalue weighted by Crippen LogP contribution is -2.36. The Morgan fingerprint density at radius 3 is 2.33 bits per heavy atom. The third-order valence-corrected chi connectivity index (χ3v) is 4.65. The maximum absolute atomic E-state index is 11.8. The van der Waals surface area contributed by atoms with E-state index in [0.29, 0.717) is 24.8 Å². The largest absolute Gasteiger partial charge is 0.391 e. The summed E-state index contributed by atoms with van der Waals surface area (Å²) < 4.78 is 0. The van der Waals surface area contributed by atoms with Crippen molar-refractivity contribution in [2.45, 2.75) is 70.3 Å². The number of aliphatic hydroxyl groups excluding tert-OH is 1. The third-order valence-electron chi connectivity index (χ3n) is 4.65. The van der Waals surface area contributed by atoms with E-state index in [1.165, 1.54) is 44.9 Å². The zero-order valence-corrected chi connectivity index (χ0v) is 11.4. The summed E-state index contributed by atoms with van der Waals surface area (Å²) >= 11 is 0. The van der Waals surface area contributed by atoms with Crippen molar-refractivity contribution in [2.75, 3.05) is 6.54 Å². The highest BCUT2D eigenvalue weighted by atomic mass is 16.3. The van der Waals surface area contributed by atoms with Crippen molar-refractivity contribution in [2.24, 2.45) is 11.8 Å². The monoisotopic (exact) mass is 253 g/mol. The van der Waals surface area contributed by atoms with Crippen LogP contribution in [-0.2, 0) is 4.79 Å². The molecule has 3 nitrogen and oxygen atoms in total. The second-order valence-corrected chi connectivity index (χ2v) is 6.12. The maximum Gasteiger partial charge on any atom is 0.220 e. The minimum absolute atomic E-state index is 0.138. The zero-order chi connectivity index (χ0) is 12.8. The fourth-order valence-corrected chi connectivity index (χ4v) is 3.45. The number of nitrogens with one attached hydrogen (secondary N) is 1. The Morgan fingerprint density at radius 1 is 1.06 bits per heavy atom. The first-order valence-electron chi connectivity index (χ1n) is 7.70. The molecule has 0 heterocycles. The molecule has 2 fully saturated rings. The zero-order valence-electron chi connectivity index (χ0n) is 11.4. The number of carbonyl (C=O) groups is 1. The Kier molecular flexibility index (Phi) is 5.48. The van der Waals surface area contributed by atoms with Crippen molar-refractivity contribution in [3.8, 4) is 0 Å². The molecule has 2 saturated carbocycles. The van der Waals surface area contributed by atoms with Crippen LogP contribution in [0.1, 0.15) is 64.2 Å². The molecule has 0 aromatic heterocycles. The Labute approximate surface area is 110 Å². The summed E-state index contributed by atoms with van der Waals surface area (Å²) in [6.07, 6.45) is 11.4. The average Bonchev–Trinajstić information content (AvgIpc) is 2.91. The van der Waals surface area contributed by atoms with Crippen LogP contribution in [0.15, 0.2) is 0 Å². The molecule has 1 amide bonds. The van der Waals surface area contributed by atoms with Crippen LogP contribution in [0.4, 0.5) is 0 Å². The van der Waals surface area contributed by atoms with Gasteiger partial charge in [0.15, 0.2) is 0 Å². The Hall–Kier alpha value is -0.570. The predicted octanol–water partition coefficient (Wildman–Crippen LogP) is 2.62. The first kappa shape index (κ1) is 13.9. The van der Waals surface area contributed by atoms with E-state index in [9.17, 15) is 9.90 Å². The number of rotatable bonds is 5. The van der Waals surface area contributed by atoms with Gasteiger partial charge in [-0.25, -0.2) is 0 Å². The van der Waals surface area contributed by atoms with Crippen LogP contribution < -0.4 is 5.32 Å². The second-order valence-electron chi connectivity index (χ2n) is 6.12. The second kappa shape index (κ2) is 7.13. The van der Waals surface area contributed by atoms with Crippen LogP contribution >= 0.6 is 0 Å². The number of hydrogen-bond acceptors (Lipinski definition) is 2. The fourth-order valence-electron chi connectivity index (χ4n) is 3.45. The van der Waals surface area contributed by atoms with E-state index in [0.717, 1.165) is 12.8 Å². The molecular formula is C15H27NO2. The van der Waals surface area contributed by atoms with E-state index in [4.69, 9.17) is 0 Å². The summed E-state index contributed by atoms with van der Waals surface area (Å²) in [5.74, 6) is 1.14. The normalized spacial score (nSPS) is 24.1. The number of hydrogen-bond donors (Lipinski definition) is 2. The summed E-state index contributed by atoms with van der Waals surface area (Å²) in [4.78, 5) is 11.8. The van der Waals surface area contributed by atoms with Crippen LogP contribution in [-0.4, -0.2) is 23.7 Å². The van der Waals surface area contributed by atoms with Gasteiger partial charge < -0.3 is 10.4 Å². The van der Waals surface area contributed by atoms with Crippen molar-refractivity contribution in [3.63, 3.8) is 0 Å². The average molecular weight is 253 g/mol. The topological polar surface area (TPSA) is 49.3 Å². The molecule has 3 heteroatoms. The van der Waals surface area contributed by atoms with Gasteiger partial charge in [-0.15, -0.1) is 0 Å². The lowest BCUT2D eigenvalue weighted by molar-refractivity contribution is -0.122. The van der Waals surface area contributed by atoms with Gasteiger partial charge in [0.25, 0.3) is 0 Å². The van der Waals surface area contributed by atoms with Crippen molar-refractivity contribution in [1.29, 1.82) is 0 Å². The summed E-state index contributed by atoms with van der Waals surface area (Å²) in [5.41, 5.74) is 0. The lowest BCUT2D eigenvalue weighted by Gasteiger charge is -2.22. The summed E-state index contributed by atoms with van der Waals surface area (Å²) in [5, 5.41) is 12.9. The van der Waals surface area contributed by atoms with Crippen molar-refractivity contribution >= 4 is 5.91 Å². The minimum Gasteiger partial charge on any atom is -0.391 e. The highest BCUT2D eigenvalue weighted by Gasteiger charge is 2.24. The number of carbonyl (C=O) groups excluding carboxylic acids is 1. The molecule has 0 bridgehead atoms. The van der Waals surface area contributed by atoms with Crippen LogP contribution in [0, 0.1) is 11.8 Å². The van der Waals surface area contributed by atoms with Gasteiger partial charge in [-0.05, 0) is 37.5 Å². The molecule has 0 radical (unpaired) electrons. The smallest absolute Gasteiger partial charge is 0.220 e. The molecule has 0 saturated heterocycles. The molecule has 0 spiro atoms. The first-order valence-corrected chi connectivity index (χ1v) is 7.70. The van der Waals surface area contributed by atoms with E-state index in [1.54, 1.807) is 0 Å². The van der Waals surface area contributed by atoms with Gasteiger partial charge in [0, 0.05) is 13.0 Å². The molecule has 2 rings (SSSR count). The van der Waals surface area contributed by atoms with Gasteiger partial charge in [0.2, 0.25) is 5.91 Å². The molecule has 0 aliphatic heterocycles. The van der Waals surface area contributed by atoms with Crippen LogP contribution in [0.2, 0.25) is 0 Å². The summed E-state index contributed by atoms with van der Waals surface area (Å²) in [6.45, 7) is 0.455. The van der Waals surface area contributed by atoms with E-state index in [-0.39, 0.29) is 12.0 Å². The molecule has 104 valence electrons. The summed E-state index contributed by atoms with van der Waals surface area (Å²) in [6, 6.07) is 0. The quantitative estimate of drug-likeness (QED) is 0.791. The summed E-state index contributed by atoms with van der Waals surface area (Å²) in [7, 11) is 0. The molecule has 0 aromatic rings.